The van der Waals surface area contributed by atoms with Gasteiger partial charge in [-0.15, -0.1) is 0 Å². The topological polar surface area (TPSA) is 81.1 Å². The minimum Gasteiger partial charge on any atom is -0.461 e. The Balaban J connectivity index is 2.91. The van der Waals surface area contributed by atoms with E-state index in [9.17, 15) is 4.79 Å². The van der Waals surface area contributed by atoms with Crippen LogP contribution in [0.3, 0.4) is 0 Å². The van der Waals surface area contributed by atoms with Crippen molar-refractivity contribution in [2.45, 2.75) is 0 Å². The summed E-state index contributed by atoms with van der Waals surface area (Å²) in [6.07, 6.45) is 1.70. The van der Waals surface area contributed by atoms with Gasteiger partial charge in [-0.25, -0.2) is 4.79 Å². The van der Waals surface area contributed by atoms with Crippen LogP contribution in [0.1, 0.15) is 10.4 Å². The van der Waals surface area contributed by atoms with E-state index in [1.807, 2.05) is 0 Å². The quantitative estimate of drug-likeness (QED) is 0.645. The smallest absolute Gasteiger partial charge is 0.341 e. The first-order valence-electron chi connectivity index (χ1n) is 4.24. The van der Waals surface area contributed by atoms with Gasteiger partial charge in [0.05, 0.1) is 0 Å². The van der Waals surface area contributed by atoms with Crippen LogP contribution in [0.4, 0.5) is 0 Å². The molecule has 14 heavy (non-hydrogen) atoms. The number of nitrogens with one attached hydrogen (secondary N) is 1. The molecule has 0 unspecified atom stereocenters. The Bertz CT molecular complexity index is 384. The zero-order valence-corrected chi connectivity index (χ0v) is 7.99. The van der Waals surface area contributed by atoms with E-state index in [2.05, 4.69) is 0 Å². The molecule has 0 aromatic carbocycles. The summed E-state index contributed by atoms with van der Waals surface area (Å²) in [5, 5.41) is 7.59. The van der Waals surface area contributed by atoms with E-state index in [-0.39, 0.29) is 24.2 Å². The molecule has 0 aliphatic carbocycles. The van der Waals surface area contributed by atoms with Crippen LogP contribution >= 0.6 is 0 Å². The second-order valence-electron chi connectivity index (χ2n) is 2.81. The molecule has 76 valence electrons. The van der Waals surface area contributed by atoms with Crippen molar-refractivity contribution in [2.75, 3.05) is 13.2 Å². The van der Waals surface area contributed by atoms with Gasteiger partial charge in [0.2, 0.25) is 0 Å². The number of carbonyl (C=O) groups excluding carboxylic acids is 1. The third-order valence-corrected chi connectivity index (χ3v) is 1.75. The molecule has 0 aliphatic heterocycles. The van der Waals surface area contributed by atoms with Gasteiger partial charge < -0.3 is 15.0 Å². The number of pyridine rings is 1. The van der Waals surface area contributed by atoms with Crippen molar-refractivity contribution < 1.29 is 9.53 Å². The second kappa shape index (κ2) is 4.57. The van der Waals surface area contributed by atoms with Crippen molar-refractivity contribution in [3.63, 3.8) is 0 Å². The lowest BCUT2D eigenvalue weighted by molar-refractivity contribution is 0.0513. The van der Waals surface area contributed by atoms with Crippen LogP contribution < -0.4 is 11.2 Å². The van der Waals surface area contributed by atoms with Gasteiger partial charge in [-0.1, -0.05) is 0 Å². The van der Waals surface area contributed by atoms with Gasteiger partial charge in [-0.05, 0) is 12.1 Å². The zero-order chi connectivity index (χ0) is 10.6. The Morgan fingerprint density at radius 1 is 1.71 bits per heavy atom. The number of rotatable bonds is 3. The maximum atomic E-state index is 11.4. The van der Waals surface area contributed by atoms with Crippen LogP contribution in [0.15, 0.2) is 18.3 Å². The molecule has 1 aromatic heterocycles. The molecule has 0 saturated heterocycles. The number of esters is 1. The van der Waals surface area contributed by atoms with Gasteiger partial charge in [0.15, 0.2) is 0 Å². The lowest BCUT2D eigenvalue weighted by atomic mass is 10.3. The highest BCUT2D eigenvalue weighted by molar-refractivity contribution is 5.88. The van der Waals surface area contributed by atoms with Crippen molar-refractivity contribution in [2.24, 2.45) is 12.8 Å². The van der Waals surface area contributed by atoms with Gasteiger partial charge >= 0.3 is 5.97 Å². The van der Waals surface area contributed by atoms with E-state index in [0.717, 1.165) is 0 Å². The molecule has 0 aliphatic rings. The third-order valence-electron chi connectivity index (χ3n) is 1.75. The first-order valence-corrected chi connectivity index (χ1v) is 4.24. The molecule has 0 atom stereocenters. The van der Waals surface area contributed by atoms with Crippen molar-refractivity contribution in [1.29, 1.82) is 5.41 Å². The number of nitrogens with two attached hydrogens (primary N) is 1. The van der Waals surface area contributed by atoms with Crippen molar-refractivity contribution in [3.05, 3.63) is 29.4 Å². The number of aryl methyl sites for hydroxylation is 1. The van der Waals surface area contributed by atoms with Crippen LogP contribution in [-0.4, -0.2) is 23.7 Å². The highest BCUT2D eigenvalue weighted by atomic mass is 16.5. The Morgan fingerprint density at radius 3 is 3.07 bits per heavy atom. The maximum absolute atomic E-state index is 11.4. The van der Waals surface area contributed by atoms with Gasteiger partial charge in [0, 0.05) is 19.8 Å². The largest absolute Gasteiger partial charge is 0.461 e. The molecule has 0 spiro atoms. The molecule has 1 aromatic rings. The highest BCUT2D eigenvalue weighted by Gasteiger charge is 2.09. The maximum Gasteiger partial charge on any atom is 0.341 e. The molecule has 0 saturated carbocycles. The molecular formula is C9H13N3O2. The monoisotopic (exact) mass is 195 g/mol. The van der Waals surface area contributed by atoms with Gasteiger partial charge in [-0.3, -0.25) is 5.41 Å². The van der Waals surface area contributed by atoms with Crippen LogP contribution in [0, 0.1) is 5.41 Å². The van der Waals surface area contributed by atoms with Gasteiger partial charge in [0.25, 0.3) is 0 Å². The van der Waals surface area contributed by atoms with Crippen LogP contribution in [0.25, 0.3) is 0 Å². The fourth-order valence-corrected chi connectivity index (χ4v) is 1.01. The van der Waals surface area contributed by atoms with Crippen LogP contribution in [0.2, 0.25) is 0 Å². The van der Waals surface area contributed by atoms with Gasteiger partial charge in [-0.2, -0.15) is 0 Å². The first-order chi connectivity index (χ1) is 6.66. The van der Waals surface area contributed by atoms with E-state index in [1.165, 1.54) is 0 Å². The Labute approximate surface area is 81.6 Å². The molecule has 0 amide bonds. The Hall–Kier alpha value is -1.62. The summed E-state index contributed by atoms with van der Waals surface area (Å²) in [5.41, 5.74) is 5.58. The number of ether oxygens (including phenoxy) is 1. The molecule has 5 nitrogen and oxygen atoms in total. The predicted octanol–water partition coefficient (Wildman–Crippen LogP) is -0.380. The van der Waals surface area contributed by atoms with E-state index < -0.39 is 5.97 Å². The van der Waals surface area contributed by atoms with Crippen LogP contribution in [0.5, 0.6) is 0 Å². The third kappa shape index (κ3) is 2.20. The summed E-state index contributed by atoms with van der Waals surface area (Å²) in [5.74, 6) is -0.503. The van der Waals surface area contributed by atoms with Crippen molar-refractivity contribution >= 4 is 5.97 Å². The average Bonchev–Trinajstić information content (AvgIpc) is 2.18. The molecule has 3 N–H and O–H groups in total. The number of nitrogens with zero attached hydrogens (tertiary/aromatic N) is 1. The number of hydrogen-bond acceptors (Lipinski definition) is 4. The zero-order valence-electron chi connectivity index (χ0n) is 7.99. The minimum atomic E-state index is -0.503. The molecular weight excluding hydrogens is 182 g/mol. The summed E-state index contributed by atoms with van der Waals surface area (Å²) in [6.45, 7) is 0.467. The summed E-state index contributed by atoms with van der Waals surface area (Å²) in [6, 6.07) is 3.25. The predicted molar refractivity (Wildman–Crippen MR) is 50.6 cm³/mol. The fourth-order valence-electron chi connectivity index (χ4n) is 1.01. The lowest BCUT2D eigenvalue weighted by Crippen LogP contribution is -2.25. The van der Waals surface area contributed by atoms with Crippen molar-refractivity contribution in [3.8, 4) is 0 Å². The average molecular weight is 195 g/mol. The molecule has 0 fully saturated rings. The number of carbonyl (C=O) groups is 1. The second-order valence-corrected chi connectivity index (χ2v) is 2.81. The molecule has 1 rings (SSSR count). The summed E-state index contributed by atoms with van der Waals surface area (Å²) >= 11 is 0. The normalized spacial score (nSPS) is 9.86. The molecule has 5 heteroatoms. The summed E-state index contributed by atoms with van der Waals surface area (Å²) in [7, 11) is 1.70. The fraction of sp³-hybridized carbons (Fsp3) is 0.333. The molecule has 0 bridgehead atoms. The standard InChI is InChI=1S/C9H13N3O2/c1-12-5-2-3-7(8(12)11)9(13)14-6-4-10/h2-3,5,11H,4,6,10H2,1H3. The SMILES string of the molecule is Cn1cccc(C(=O)OCCN)c1=N. The van der Waals surface area contributed by atoms with E-state index >= 15 is 0 Å². The van der Waals surface area contributed by atoms with E-state index in [4.69, 9.17) is 15.9 Å². The number of hydrogen-bond donors (Lipinski definition) is 2. The first kappa shape index (κ1) is 10.5. The summed E-state index contributed by atoms with van der Waals surface area (Å²) < 4.78 is 6.36. The van der Waals surface area contributed by atoms with Gasteiger partial charge in [0.1, 0.15) is 17.7 Å². The van der Waals surface area contributed by atoms with E-state index in [1.54, 1.807) is 29.9 Å². The molecule has 0 radical (unpaired) electrons. The highest BCUT2D eigenvalue weighted by Crippen LogP contribution is 1.94. The number of aromatic nitrogens is 1. The lowest BCUT2D eigenvalue weighted by Gasteiger charge is -2.05. The van der Waals surface area contributed by atoms with Crippen LogP contribution in [-0.2, 0) is 11.8 Å². The van der Waals surface area contributed by atoms with Crippen molar-refractivity contribution in [1.82, 2.24) is 4.57 Å². The minimum absolute atomic E-state index is 0.134. The van der Waals surface area contributed by atoms with E-state index in [0.29, 0.717) is 0 Å². The summed E-state index contributed by atoms with van der Waals surface area (Å²) in [4.78, 5) is 11.4. The Morgan fingerprint density at radius 2 is 2.43 bits per heavy atom. The Kier molecular flexibility index (Phi) is 3.41. The molecule has 1 heterocycles.